The molecule has 0 saturated carbocycles. The highest BCUT2D eigenvalue weighted by Crippen LogP contribution is 2.32. The number of rotatable bonds is 4. The lowest BCUT2D eigenvalue weighted by atomic mass is 9.82. The fourth-order valence-electron chi connectivity index (χ4n) is 2.76. The second-order valence-corrected chi connectivity index (χ2v) is 7.98. The van der Waals surface area contributed by atoms with Crippen molar-refractivity contribution >= 4 is 23.6 Å². The summed E-state index contributed by atoms with van der Waals surface area (Å²) in [5.41, 5.74) is -0.163. The molecular weight excluding hydrogens is 298 g/mol. The van der Waals surface area contributed by atoms with Gasteiger partial charge in [-0.1, -0.05) is 26.0 Å². The Kier molecular flexibility index (Phi) is 5.16. The average molecular weight is 321 g/mol. The maximum Gasteiger partial charge on any atom is 0.311 e. The number of likely N-dealkylation sites (tertiary alicyclic amines) is 1. The minimum atomic E-state index is -0.839. The Labute approximate surface area is 135 Å². The van der Waals surface area contributed by atoms with E-state index < -0.39 is 11.4 Å². The second kappa shape index (κ2) is 6.73. The van der Waals surface area contributed by atoms with Crippen LogP contribution in [0.15, 0.2) is 29.2 Å². The topological polar surface area (TPSA) is 57.6 Å². The Morgan fingerprint density at radius 3 is 2.64 bits per heavy atom. The van der Waals surface area contributed by atoms with Crippen LogP contribution in [-0.4, -0.2) is 40.2 Å². The van der Waals surface area contributed by atoms with E-state index in [0.29, 0.717) is 23.8 Å². The van der Waals surface area contributed by atoms with Crippen LogP contribution in [0, 0.1) is 5.41 Å². The molecule has 4 nitrogen and oxygen atoms in total. The molecule has 1 heterocycles. The van der Waals surface area contributed by atoms with Gasteiger partial charge in [0.2, 0.25) is 0 Å². The van der Waals surface area contributed by atoms with E-state index in [1.54, 1.807) is 23.6 Å². The van der Waals surface area contributed by atoms with Gasteiger partial charge in [-0.2, -0.15) is 0 Å². The number of aliphatic carboxylic acids is 1. The first-order valence-electron chi connectivity index (χ1n) is 7.62. The number of benzene rings is 1. The van der Waals surface area contributed by atoms with Gasteiger partial charge in [0.05, 0.1) is 11.0 Å². The maximum absolute atomic E-state index is 12.8. The number of carboxylic acid groups (broad SMARTS) is 1. The van der Waals surface area contributed by atoms with Crippen molar-refractivity contribution in [2.24, 2.45) is 5.41 Å². The molecule has 1 amide bonds. The molecule has 2 rings (SSSR count). The van der Waals surface area contributed by atoms with E-state index in [9.17, 15) is 14.7 Å². The van der Waals surface area contributed by atoms with Gasteiger partial charge in [0.15, 0.2) is 0 Å². The van der Waals surface area contributed by atoms with Crippen LogP contribution in [0.25, 0.3) is 0 Å². The lowest BCUT2D eigenvalue weighted by Crippen LogP contribution is -2.48. The summed E-state index contributed by atoms with van der Waals surface area (Å²) in [6.45, 7) is 6.82. The van der Waals surface area contributed by atoms with Gasteiger partial charge in [0.25, 0.3) is 5.91 Å². The van der Waals surface area contributed by atoms with Crippen molar-refractivity contribution in [3.05, 3.63) is 29.8 Å². The van der Waals surface area contributed by atoms with E-state index in [1.807, 2.05) is 24.3 Å². The Hall–Kier alpha value is -1.49. The molecule has 1 atom stereocenters. The van der Waals surface area contributed by atoms with Crippen molar-refractivity contribution in [3.8, 4) is 0 Å². The molecule has 1 fully saturated rings. The van der Waals surface area contributed by atoms with E-state index in [0.717, 1.165) is 11.3 Å². The standard InChI is InChI=1S/C17H23NO3S/c1-12(2)22-14-8-5-4-7-13(14)15(19)18-10-6-9-17(3,11-18)16(20)21/h4-5,7-8,12H,6,9-11H2,1-3H3,(H,20,21). The van der Waals surface area contributed by atoms with Crippen LogP contribution in [0.1, 0.15) is 44.0 Å². The molecule has 22 heavy (non-hydrogen) atoms. The zero-order valence-corrected chi connectivity index (χ0v) is 14.2. The number of amides is 1. The summed E-state index contributed by atoms with van der Waals surface area (Å²) in [4.78, 5) is 26.9. The first-order chi connectivity index (χ1) is 10.3. The molecule has 1 aliphatic heterocycles. The van der Waals surface area contributed by atoms with Gasteiger partial charge < -0.3 is 10.0 Å². The molecule has 1 saturated heterocycles. The average Bonchev–Trinajstić information content (AvgIpc) is 2.46. The number of piperidine rings is 1. The van der Waals surface area contributed by atoms with Gasteiger partial charge in [0, 0.05) is 23.2 Å². The number of carbonyl (C=O) groups is 2. The minimum Gasteiger partial charge on any atom is -0.481 e. The monoisotopic (exact) mass is 321 g/mol. The molecule has 0 bridgehead atoms. The summed E-state index contributed by atoms with van der Waals surface area (Å²) in [5.74, 6) is -0.884. The number of hydrogen-bond donors (Lipinski definition) is 1. The molecule has 120 valence electrons. The molecular formula is C17H23NO3S. The maximum atomic E-state index is 12.8. The molecule has 1 aromatic rings. The summed E-state index contributed by atoms with van der Waals surface area (Å²) in [7, 11) is 0. The number of carboxylic acids is 1. The van der Waals surface area contributed by atoms with E-state index in [-0.39, 0.29) is 12.5 Å². The smallest absolute Gasteiger partial charge is 0.311 e. The van der Waals surface area contributed by atoms with Crippen molar-refractivity contribution in [2.45, 2.75) is 43.8 Å². The normalized spacial score (nSPS) is 21.9. The van der Waals surface area contributed by atoms with Crippen molar-refractivity contribution < 1.29 is 14.7 Å². The van der Waals surface area contributed by atoms with E-state index in [1.165, 1.54) is 0 Å². The first kappa shape index (κ1) is 16.9. The highest BCUT2D eigenvalue weighted by molar-refractivity contribution is 8.00. The molecule has 1 aliphatic rings. The van der Waals surface area contributed by atoms with Crippen LogP contribution in [0.2, 0.25) is 0 Å². The van der Waals surface area contributed by atoms with Crippen LogP contribution >= 0.6 is 11.8 Å². The van der Waals surface area contributed by atoms with Gasteiger partial charge in [0.1, 0.15) is 0 Å². The van der Waals surface area contributed by atoms with Crippen LogP contribution < -0.4 is 0 Å². The Morgan fingerprint density at radius 1 is 1.32 bits per heavy atom. The molecule has 0 aromatic heterocycles. The number of thioether (sulfide) groups is 1. The van der Waals surface area contributed by atoms with Gasteiger partial charge >= 0.3 is 5.97 Å². The molecule has 0 aliphatic carbocycles. The summed E-state index contributed by atoms with van der Waals surface area (Å²) in [6, 6.07) is 7.58. The first-order valence-corrected chi connectivity index (χ1v) is 8.50. The second-order valence-electron chi connectivity index (χ2n) is 6.36. The van der Waals surface area contributed by atoms with E-state index in [2.05, 4.69) is 13.8 Å². The molecule has 1 unspecified atom stereocenters. The van der Waals surface area contributed by atoms with Crippen LogP contribution in [0.5, 0.6) is 0 Å². The molecule has 1 N–H and O–H groups in total. The van der Waals surface area contributed by atoms with Gasteiger partial charge in [-0.3, -0.25) is 9.59 Å². The zero-order valence-electron chi connectivity index (χ0n) is 13.3. The zero-order chi connectivity index (χ0) is 16.3. The fraction of sp³-hybridized carbons (Fsp3) is 0.529. The lowest BCUT2D eigenvalue weighted by Gasteiger charge is -2.37. The van der Waals surface area contributed by atoms with Crippen molar-refractivity contribution in [1.29, 1.82) is 0 Å². The Balaban J connectivity index is 2.23. The van der Waals surface area contributed by atoms with Crippen LogP contribution in [0.4, 0.5) is 0 Å². The highest BCUT2D eigenvalue weighted by Gasteiger charge is 2.39. The van der Waals surface area contributed by atoms with Crippen molar-refractivity contribution in [1.82, 2.24) is 4.90 Å². The molecule has 0 spiro atoms. The Morgan fingerprint density at radius 2 is 2.00 bits per heavy atom. The predicted octanol–water partition coefficient (Wildman–Crippen LogP) is 3.51. The molecule has 0 radical (unpaired) electrons. The lowest BCUT2D eigenvalue weighted by molar-refractivity contribution is -0.150. The largest absolute Gasteiger partial charge is 0.481 e. The fourth-order valence-corrected chi connectivity index (χ4v) is 3.71. The molecule has 1 aromatic carbocycles. The number of nitrogens with zero attached hydrogens (tertiary/aromatic N) is 1. The van der Waals surface area contributed by atoms with Crippen molar-refractivity contribution in [3.63, 3.8) is 0 Å². The van der Waals surface area contributed by atoms with Crippen LogP contribution in [0.3, 0.4) is 0 Å². The third kappa shape index (κ3) is 3.64. The van der Waals surface area contributed by atoms with Crippen molar-refractivity contribution in [2.75, 3.05) is 13.1 Å². The van der Waals surface area contributed by atoms with Gasteiger partial charge in [-0.25, -0.2) is 0 Å². The van der Waals surface area contributed by atoms with E-state index >= 15 is 0 Å². The van der Waals surface area contributed by atoms with Crippen LogP contribution in [-0.2, 0) is 4.79 Å². The summed E-state index contributed by atoms with van der Waals surface area (Å²) < 4.78 is 0. The summed E-state index contributed by atoms with van der Waals surface area (Å²) in [5, 5.41) is 9.79. The number of carbonyl (C=O) groups excluding carboxylic acids is 1. The predicted molar refractivity (Wildman–Crippen MR) is 88.3 cm³/mol. The number of hydrogen-bond acceptors (Lipinski definition) is 3. The minimum absolute atomic E-state index is 0.0593. The third-order valence-corrected chi connectivity index (χ3v) is 5.06. The summed E-state index contributed by atoms with van der Waals surface area (Å²) in [6.07, 6.45) is 1.35. The quantitative estimate of drug-likeness (QED) is 0.862. The van der Waals surface area contributed by atoms with E-state index in [4.69, 9.17) is 0 Å². The molecule has 5 heteroatoms. The van der Waals surface area contributed by atoms with Gasteiger partial charge in [-0.05, 0) is 31.9 Å². The third-order valence-electron chi connectivity index (χ3n) is 3.98. The highest BCUT2D eigenvalue weighted by atomic mass is 32.2. The SMILES string of the molecule is CC(C)Sc1ccccc1C(=O)N1CCCC(C)(C(=O)O)C1. The van der Waals surface area contributed by atoms with Gasteiger partial charge in [-0.15, -0.1) is 11.8 Å². The summed E-state index contributed by atoms with van der Waals surface area (Å²) >= 11 is 1.66. The Bertz CT molecular complexity index is 573.